The standard InChI is InChI=1S/C27H37N3O2/c1-28-25(31)16-10-2-3-11-19-29-27(32)24-17-20-30(21-18-24)26(22-12-6-4-7-13-22)23-14-8-5-9-15-23/h4-9,12-15,24,26H,2-3,10-11,16-21H2,1H3,(H,28,31)(H,29,32). The molecule has 2 aromatic carbocycles. The average Bonchev–Trinajstić information content (AvgIpc) is 2.85. The van der Waals surface area contributed by atoms with Gasteiger partial charge >= 0.3 is 0 Å². The number of benzene rings is 2. The lowest BCUT2D eigenvalue weighted by molar-refractivity contribution is -0.126. The number of rotatable bonds is 11. The van der Waals surface area contributed by atoms with Crippen molar-refractivity contribution in [1.29, 1.82) is 0 Å². The molecule has 0 unspecified atom stereocenters. The zero-order chi connectivity index (χ0) is 22.6. The largest absolute Gasteiger partial charge is 0.359 e. The summed E-state index contributed by atoms with van der Waals surface area (Å²) in [5.41, 5.74) is 2.61. The minimum absolute atomic E-state index is 0.103. The molecule has 0 aromatic heterocycles. The van der Waals surface area contributed by atoms with Crippen LogP contribution in [0.2, 0.25) is 0 Å². The molecule has 0 bridgehead atoms. The van der Waals surface area contributed by atoms with Crippen LogP contribution in [0.4, 0.5) is 0 Å². The minimum atomic E-state index is 0.103. The summed E-state index contributed by atoms with van der Waals surface area (Å²) < 4.78 is 0. The van der Waals surface area contributed by atoms with Gasteiger partial charge in [0.05, 0.1) is 6.04 Å². The van der Waals surface area contributed by atoms with Crippen LogP contribution >= 0.6 is 0 Å². The Morgan fingerprint density at radius 3 is 2.00 bits per heavy atom. The normalized spacial score (nSPS) is 14.9. The molecule has 3 rings (SSSR count). The smallest absolute Gasteiger partial charge is 0.223 e. The molecular weight excluding hydrogens is 398 g/mol. The lowest BCUT2D eigenvalue weighted by Crippen LogP contribution is -2.42. The second-order valence-corrected chi connectivity index (χ2v) is 8.66. The first-order valence-corrected chi connectivity index (χ1v) is 12.0. The SMILES string of the molecule is CNC(=O)CCCCCCNC(=O)C1CCN(C(c2ccccc2)c2ccccc2)CC1. The fourth-order valence-corrected chi connectivity index (χ4v) is 4.55. The second kappa shape index (κ2) is 13.0. The van der Waals surface area contributed by atoms with Crippen molar-refractivity contribution in [2.45, 2.75) is 51.0 Å². The highest BCUT2D eigenvalue weighted by Crippen LogP contribution is 2.32. The van der Waals surface area contributed by atoms with E-state index in [0.717, 1.165) is 58.2 Å². The van der Waals surface area contributed by atoms with Crippen molar-refractivity contribution in [3.63, 3.8) is 0 Å². The van der Waals surface area contributed by atoms with Crippen LogP contribution in [-0.4, -0.2) is 43.4 Å². The maximum absolute atomic E-state index is 12.6. The fraction of sp³-hybridized carbons (Fsp3) is 0.481. The number of hydrogen-bond donors (Lipinski definition) is 2. The van der Waals surface area contributed by atoms with E-state index in [1.807, 2.05) is 0 Å². The van der Waals surface area contributed by atoms with Gasteiger partial charge in [0.15, 0.2) is 0 Å². The van der Waals surface area contributed by atoms with Crippen LogP contribution in [0.3, 0.4) is 0 Å². The van der Waals surface area contributed by atoms with Crippen molar-refractivity contribution < 1.29 is 9.59 Å². The van der Waals surface area contributed by atoms with Gasteiger partial charge in [-0.05, 0) is 49.9 Å². The summed E-state index contributed by atoms with van der Waals surface area (Å²) in [6.07, 6.45) is 6.35. The zero-order valence-corrected chi connectivity index (χ0v) is 19.3. The number of carbonyl (C=O) groups excluding carboxylic acids is 2. The number of nitrogens with zero attached hydrogens (tertiary/aromatic N) is 1. The molecule has 1 aliphatic heterocycles. The molecule has 1 saturated heterocycles. The van der Waals surface area contributed by atoms with Crippen LogP contribution < -0.4 is 10.6 Å². The third-order valence-electron chi connectivity index (χ3n) is 6.40. The molecule has 1 heterocycles. The van der Waals surface area contributed by atoms with Gasteiger partial charge in [-0.15, -0.1) is 0 Å². The van der Waals surface area contributed by atoms with Crippen molar-refractivity contribution in [1.82, 2.24) is 15.5 Å². The topological polar surface area (TPSA) is 61.4 Å². The molecule has 0 aliphatic carbocycles. The van der Waals surface area contributed by atoms with Crippen LogP contribution in [0.15, 0.2) is 60.7 Å². The Morgan fingerprint density at radius 1 is 0.875 bits per heavy atom. The van der Waals surface area contributed by atoms with Crippen molar-refractivity contribution in [2.75, 3.05) is 26.7 Å². The van der Waals surface area contributed by atoms with Crippen molar-refractivity contribution in [2.24, 2.45) is 5.92 Å². The van der Waals surface area contributed by atoms with Gasteiger partial charge in [-0.1, -0.05) is 73.5 Å². The van der Waals surface area contributed by atoms with E-state index in [1.54, 1.807) is 7.05 Å². The molecule has 2 N–H and O–H groups in total. The summed E-state index contributed by atoms with van der Waals surface area (Å²) in [5, 5.41) is 5.78. The first-order chi connectivity index (χ1) is 15.7. The Hall–Kier alpha value is -2.66. The predicted octanol–water partition coefficient (Wildman–Crippen LogP) is 4.30. The van der Waals surface area contributed by atoms with E-state index in [2.05, 4.69) is 76.2 Å². The molecule has 2 amide bonds. The summed E-state index contributed by atoms with van der Waals surface area (Å²) in [4.78, 5) is 26.4. The van der Waals surface area contributed by atoms with Crippen LogP contribution in [0, 0.1) is 5.92 Å². The van der Waals surface area contributed by atoms with Crippen molar-refractivity contribution >= 4 is 11.8 Å². The summed E-state index contributed by atoms with van der Waals surface area (Å²) in [6.45, 7) is 2.58. The fourth-order valence-electron chi connectivity index (χ4n) is 4.55. The number of likely N-dealkylation sites (tertiary alicyclic amines) is 1. The molecule has 0 spiro atoms. The number of hydrogen-bond acceptors (Lipinski definition) is 3. The van der Waals surface area contributed by atoms with Crippen LogP contribution in [0.1, 0.15) is 62.1 Å². The monoisotopic (exact) mass is 435 g/mol. The minimum Gasteiger partial charge on any atom is -0.359 e. The predicted molar refractivity (Wildman–Crippen MR) is 129 cm³/mol. The highest BCUT2D eigenvalue weighted by molar-refractivity contribution is 5.78. The first kappa shape index (κ1) is 24.0. The van der Waals surface area contributed by atoms with Gasteiger partial charge in [-0.25, -0.2) is 0 Å². The molecule has 0 radical (unpaired) electrons. The highest BCUT2D eigenvalue weighted by Gasteiger charge is 2.30. The van der Waals surface area contributed by atoms with E-state index < -0.39 is 0 Å². The van der Waals surface area contributed by atoms with Gasteiger partial charge in [0.2, 0.25) is 11.8 Å². The van der Waals surface area contributed by atoms with Gasteiger partial charge in [0, 0.05) is 25.9 Å². The number of piperidine rings is 1. The van der Waals surface area contributed by atoms with Crippen LogP contribution in [0.25, 0.3) is 0 Å². The Labute approximate surface area is 192 Å². The highest BCUT2D eigenvalue weighted by atomic mass is 16.2. The number of carbonyl (C=O) groups is 2. The van der Waals surface area contributed by atoms with E-state index in [9.17, 15) is 9.59 Å². The Balaban J connectivity index is 1.43. The Kier molecular flexibility index (Phi) is 9.76. The number of unbranched alkanes of at least 4 members (excludes halogenated alkanes) is 3. The molecule has 172 valence electrons. The molecule has 0 saturated carbocycles. The second-order valence-electron chi connectivity index (χ2n) is 8.66. The Morgan fingerprint density at radius 2 is 1.44 bits per heavy atom. The van der Waals surface area contributed by atoms with Gasteiger partial charge in [0.1, 0.15) is 0 Å². The molecule has 1 fully saturated rings. The summed E-state index contributed by atoms with van der Waals surface area (Å²) >= 11 is 0. The molecular formula is C27H37N3O2. The molecule has 32 heavy (non-hydrogen) atoms. The maximum atomic E-state index is 12.6. The van der Waals surface area contributed by atoms with E-state index in [1.165, 1.54) is 11.1 Å². The third kappa shape index (κ3) is 7.20. The first-order valence-electron chi connectivity index (χ1n) is 12.0. The van der Waals surface area contributed by atoms with Gasteiger partial charge < -0.3 is 10.6 Å². The molecule has 0 atom stereocenters. The maximum Gasteiger partial charge on any atom is 0.223 e. The van der Waals surface area contributed by atoms with E-state index >= 15 is 0 Å². The molecule has 2 aromatic rings. The number of nitrogens with one attached hydrogen (secondary N) is 2. The lowest BCUT2D eigenvalue weighted by Gasteiger charge is -2.37. The number of amides is 2. The average molecular weight is 436 g/mol. The van der Waals surface area contributed by atoms with Crippen molar-refractivity contribution in [3.8, 4) is 0 Å². The van der Waals surface area contributed by atoms with Crippen molar-refractivity contribution in [3.05, 3.63) is 71.8 Å². The van der Waals surface area contributed by atoms with E-state index in [0.29, 0.717) is 6.42 Å². The molecule has 5 heteroatoms. The quantitative estimate of drug-likeness (QED) is 0.517. The van der Waals surface area contributed by atoms with Gasteiger partial charge in [-0.2, -0.15) is 0 Å². The van der Waals surface area contributed by atoms with E-state index in [4.69, 9.17) is 0 Å². The van der Waals surface area contributed by atoms with Crippen LogP contribution in [-0.2, 0) is 9.59 Å². The summed E-state index contributed by atoms with van der Waals surface area (Å²) in [6, 6.07) is 21.6. The van der Waals surface area contributed by atoms with Gasteiger partial charge in [-0.3, -0.25) is 14.5 Å². The third-order valence-corrected chi connectivity index (χ3v) is 6.40. The molecule has 1 aliphatic rings. The summed E-state index contributed by atoms with van der Waals surface area (Å²) in [7, 11) is 1.67. The van der Waals surface area contributed by atoms with E-state index in [-0.39, 0.29) is 23.8 Å². The zero-order valence-electron chi connectivity index (χ0n) is 19.3. The molecule has 5 nitrogen and oxygen atoms in total. The lowest BCUT2D eigenvalue weighted by atomic mass is 9.91. The van der Waals surface area contributed by atoms with Crippen LogP contribution in [0.5, 0.6) is 0 Å². The summed E-state index contributed by atoms with van der Waals surface area (Å²) in [5.74, 6) is 0.407. The Bertz CT molecular complexity index is 778. The van der Waals surface area contributed by atoms with Gasteiger partial charge in [0.25, 0.3) is 0 Å².